The maximum absolute atomic E-state index is 12.4. The van der Waals surface area contributed by atoms with Gasteiger partial charge >= 0.3 is 5.97 Å². The fraction of sp³-hybridized carbons (Fsp3) is 0.208. The van der Waals surface area contributed by atoms with Crippen molar-refractivity contribution in [2.45, 2.75) is 26.2 Å². The summed E-state index contributed by atoms with van der Waals surface area (Å²) in [5.74, 6) is -0.291. The Labute approximate surface area is 163 Å². The molecule has 1 unspecified atom stereocenters. The van der Waals surface area contributed by atoms with E-state index in [1.54, 1.807) is 0 Å². The smallest absolute Gasteiger partial charge is 0.338 e. The van der Waals surface area contributed by atoms with Crippen molar-refractivity contribution in [3.8, 4) is 0 Å². The molecule has 0 amide bonds. The van der Waals surface area contributed by atoms with Gasteiger partial charge in [-0.15, -0.1) is 0 Å². The zero-order valence-electron chi connectivity index (χ0n) is 16.3. The van der Waals surface area contributed by atoms with Crippen LogP contribution >= 0.6 is 7.92 Å². The number of ether oxygens (including phenoxy) is 1. The normalized spacial score (nSPS) is 12.4. The Kier molecular flexibility index (Phi) is 5.77. The molecule has 3 rings (SSSR count). The van der Waals surface area contributed by atoms with Gasteiger partial charge in [-0.3, -0.25) is 0 Å². The summed E-state index contributed by atoms with van der Waals surface area (Å²) in [7, 11) is 0.579. The van der Waals surface area contributed by atoms with Gasteiger partial charge in [0.2, 0.25) is 0 Å². The maximum atomic E-state index is 12.4. The molecule has 0 N–H and O–H groups in total. The van der Waals surface area contributed by atoms with E-state index in [-0.39, 0.29) is 11.4 Å². The van der Waals surface area contributed by atoms with Gasteiger partial charge in [0.1, 0.15) is 0 Å². The van der Waals surface area contributed by atoms with Crippen molar-refractivity contribution in [2.24, 2.45) is 0 Å². The average molecular weight is 376 g/mol. The first-order chi connectivity index (χ1) is 12.9. The highest BCUT2D eigenvalue weighted by Gasteiger charge is 2.23. The van der Waals surface area contributed by atoms with Crippen LogP contribution in [0.1, 0.15) is 36.7 Å². The minimum absolute atomic E-state index is 0.109. The molecule has 0 aliphatic heterocycles. The van der Waals surface area contributed by atoms with E-state index in [9.17, 15) is 4.79 Å². The van der Waals surface area contributed by atoms with Crippen LogP contribution in [0, 0.1) is 0 Å². The first-order valence-corrected chi connectivity index (χ1v) is 10.4. The molecule has 0 fully saturated rings. The Morgan fingerprint density at radius 2 is 1.33 bits per heavy atom. The molecule has 0 saturated carbocycles. The van der Waals surface area contributed by atoms with E-state index >= 15 is 0 Å². The third-order valence-corrected chi connectivity index (χ3v) is 7.06. The van der Waals surface area contributed by atoms with E-state index in [1.165, 1.54) is 23.3 Å². The number of hydrogen-bond acceptors (Lipinski definition) is 2. The Bertz CT molecular complexity index is 909. The number of carbonyl (C=O) groups excluding carboxylic acids is 1. The predicted octanol–water partition coefficient (Wildman–Crippen LogP) is 4.53. The molecule has 27 heavy (non-hydrogen) atoms. The molecule has 3 aromatic carbocycles. The van der Waals surface area contributed by atoms with E-state index in [4.69, 9.17) is 4.74 Å². The molecule has 0 aliphatic carbocycles. The molecule has 3 aromatic rings. The summed E-state index contributed by atoms with van der Waals surface area (Å²) < 4.78 is 5.03. The monoisotopic (exact) mass is 376 g/mol. The SMILES string of the molecule is COC(=O)c1ccccc1P(c1ccccc1)c1ccc(C(C)(C)C)cc1. The summed E-state index contributed by atoms with van der Waals surface area (Å²) in [6.45, 7) is 6.65. The molecule has 1 atom stereocenters. The van der Waals surface area contributed by atoms with Crippen LogP contribution in [-0.4, -0.2) is 13.1 Å². The molecule has 0 radical (unpaired) electrons. The van der Waals surface area contributed by atoms with Crippen LogP contribution in [0.25, 0.3) is 0 Å². The van der Waals surface area contributed by atoms with Crippen LogP contribution in [0.15, 0.2) is 78.9 Å². The Morgan fingerprint density at radius 1 is 0.778 bits per heavy atom. The van der Waals surface area contributed by atoms with E-state index in [0.717, 1.165) is 5.30 Å². The molecular weight excluding hydrogens is 351 g/mol. The summed E-state index contributed by atoms with van der Waals surface area (Å²) in [6, 6.07) is 27.0. The van der Waals surface area contributed by atoms with Gasteiger partial charge in [0, 0.05) is 0 Å². The number of carbonyl (C=O) groups is 1. The summed E-state index contributed by atoms with van der Waals surface area (Å²) in [6.07, 6.45) is 0. The number of methoxy groups -OCH3 is 1. The van der Waals surface area contributed by atoms with Crippen molar-refractivity contribution < 1.29 is 9.53 Å². The summed E-state index contributed by atoms with van der Waals surface area (Å²) in [5, 5.41) is 3.46. The first-order valence-electron chi connectivity index (χ1n) is 9.05. The Balaban J connectivity index is 2.16. The van der Waals surface area contributed by atoms with Gasteiger partial charge in [-0.2, -0.15) is 0 Å². The lowest BCUT2D eigenvalue weighted by Gasteiger charge is -2.23. The third-order valence-electron chi connectivity index (χ3n) is 4.56. The highest BCUT2D eigenvalue weighted by Crippen LogP contribution is 2.35. The van der Waals surface area contributed by atoms with Crippen molar-refractivity contribution in [2.75, 3.05) is 7.11 Å². The van der Waals surface area contributed by atoms with Crippen LogP contribution in [-0.2, 0) is 10.2 Å². The fourth-order valence-corrected chi connectivity index (χ4v) is 5.48. The second-order valence-corrected chi connectivity index (χ2v) is 9.66. The Morgan fingerprint density at radius 3 is 1.93 bits per heavy atom. The lowest BCUT2D eigenvalue weighted by molar-refractivity contribution is 0.0602. The predicted molar refractivity (Wildman–Crippen MR) is 115 cm³/mol. The molecule has 0 aliphatic rings. The minimum Gasteiger partial charge on any atom is -0.465 e. The zero-order valence-corrected chi connectivity index (χ0v) is 17.2. The van der Waals surface area contributed by atoms with Crippen molar-refractivity contribution in [1.29, 1.82) is 0 Å². The topological polar surface area (TPSA) is 26.3 Å². The largest absolute Gasteiger partial charge is 0.465 e. The van der Waals surface area contributed by atoms with Gasteiger partial charge in [0.25, 0.3) is 0 Å². The summed E-state index contributed by atoms with van der Waals surface area (Å²) in [4.78, 5) is 12.4. The molecule has 0 aromatic heterocycles. The van der Waals surface area contributed by atoms with Crippen molar-refractivity contribution >= 4 is 29.8 Å². The highest BCUT2D eigenvalue weighted by molar-refractivity contribution is 7.80. The lowest BCUT2D eigenvalue weighted by atomic mass is 9.87. The number of hydrogen-bond donors (Lipinski definition) is 0. The molecular formula is C24H25O2P. The number of benzene rings is 3. The van der Waals surface area contributed by atoms with E-state index in [1.807, 2.05) is 30.3 Å². The van der Waals surface area contributed by atoms with Crippen molar-refractivity contribution in [1.82, 2.24) is 0 Å². The second-order valence-electron chi connectivity index (χ2n) is 7.48. The molecule has 0 spiro atoms. The van der Waals surface area contributed by atoms with Crippen molar-refractivity contribution in [3.63, 3.8) is 0 Å². The number of esters is 1. The molecule has 0 heterocycles. The molecule has 0 bridgehead atoms. The second kappa shape index (κ2) is 8.06. The standard InChI is InChI=1S/C24H25O2P/c1-24(2,3)18-14-16-20(17-15-18)27(19-10-6-5-7-11-19)22-13-9-8-12-21(22)23(25)26-4/h5-17H,1-4H3. The summed E-state index contributed by atoms with van der Waals surface area (Å²) >= 11 is 0. The van der Waals surface area contributed by atoms with E-state index < -0.39 is 7.92 Å². The fourth-order valence-electron chi connectivity index (χ4n) is 3.07. The molecule has 3 heteroatoms. The zero-order chi connectivity index (χ0) is 19.4. The summed E-state index contributed by atoms with van der Waals surface area (Å²) in [5.41, 5.74) is 2.04. The van der Waals surface area contributed by atoms with Gasteiger partial charge in [0.15, 0.2) is 0 Å². The molecule has 2 nitrogen and oxygen atoms in total. The quantitative estimate of drug-likeness (QED) is 0.494. The first kappa shape index (κ1) is 19.3. The molecule has 138 valence electrons. The lowest BCUT2D eigenvalue weighted by Crippen LogP contribution is -2.26. The van der Waals surface area contributed by atoms with Crippen LogP contribution in [0.2, 0.25) is 0 Å². The van der Waals surface area contributed by atoms with E-state index in [2.05, 4.69) is 69.3 Å². The number of rotatable bonds is 4. The van der Waals surface area contributed by atoms with Crippen LogP contribution in [0.3, 0.4) is 0 Å². The van der Waals surface area contributed by atoms with Gasteiger partial charge in [-0.05, 0) is 40.9 Å². The maximum Gasteiger partial charge on any atom is 0.338 e. The van der Waals surface area contributed by atoms with Crippen LogP contribution < -0.4 is 15.9 Å². The van der Waals surface area contributed by atoms with Crippen molar-refractivity contribution in [3.05, 3.63) is 90.0 Å². The minimum atomic E-state index is -0.854. The van der Waals surface area contributed by atoms with Crippen LogP contribution in [0.4, 0.5) is 0 Å². The van der Waals surface area contributed by atoms with E-state index in [0.29, 0.717) is 5.56 Å². The average Bonchev–Trinajstić information content (AvgIpc) is 2.68. The van der Waals surface area contributed by atoms with Gasteiger partial charge in [0.05, 0.1) is 12.7 Å². The Hall–Kier alpha value is -2.44. The van der Waals surface area contributed by atoms with Gasteiger partial charge in [-0.1, -0.05) is 93.6 Å². The van der Waals surface area contributed by atoms with Gasteiger partial charge in [-0.25, -0.2) is 4.79 Å². The molecule has 0 saturated heterocycles. The third kappa shape index (κ3) is 4.28. The van der Waals surface area contributed by atoms with Gasteiger partial charge < -0.3 is 4.74 Å². The highest BCUT2D eigenvalue weighted by atomic mass is 31.1. The van der Waals surface area contributed by atoms with Crippen LogP contribution in [0.5, 0.6) is 0 Å².